The van der Waals surface area contributed by atoms with Gasteiger partial charge < -0.3 is 5.73 Å². The van der Waals surface area contributed by atoms with Crippen molar-refractivity contribution in [3.63, 3.8) is 0 Å². The molecule has 5 nitrogen and oxygen atoms in total. The number of aldehydes is 1. The zero-order valence-electron chi connectivity index (χ0n) is 13.5. The third-order valence-corrected chi connectivity index (χ3v) is 4.40. The van der Waals surface area contributed by atoms with Gasteiger partial charge in [-0.3, -0.25) is 19.4 Å². The number of nitrogens with two attached hydrogens (primary N) is 1. The number of anilines is 1. The normalized spacial score (nSPS) is 15.4. The van der Waals surface area contributed by atoms with Crippen LogP contribution in [0.25, 0.3) is 0 Å². The summed E-state index contributed by atoms with van der Waals surface area (Å²) in [5.41, 5.74) is 8.77. The van der Waals surface area contributed by atoms with Crippen molar-refractivity contribution in [1.82, 2.24) is 4.90 Å². The van der Waals surface area contributed by atoms with E-state index in [1.54, 1.807) is 0 Å². The third-order valence-electron chi connectivity index (χ3n) is 4.40. The Morgan fingerprint density at radius 2 is 1.79 bits per heavy atom. The van der Waals surface area contributed by atoms with E-state index in [0.29, 0.717) is 12.2 Å². The van der Waals surface area contributed by atoms with Crippen molar-refractivity contribution in [3.05, 3.63) is 65.7 Å². The van der Waals surface area contributed by atoms with E-state index in [1.165, 1.54) is 16.0 Å². The maximum absolute atomic E-state index is 12.4. The van der Waals surface area contributed by atoms with Crippen LogP contribution in [0.15, 0.2) is 54.6 Å². The lowest BCUT2D eigenvalue weighted by Crippen LogP contribution is -2.55. The molecular weight excluding hydrogens is 302 g/mol. The zero-order valence-corrected chi connectivity index (χ0v) is 13.5. The molecule has 0 aromatic heterocycles. The second kappa shape index (κ2) is 7.38. The van der Waals surface area contributed by atoms with Gasteiger partial charge in [0, 0.05) is 18.8 Å². The van der Waals surface area contributed by atoms with Gasteiger partial charge in [0.25, 0.3) is 0 Å². The summed E-state index contributed by atoms with van der Waals surface area (Å²) >= 11 is 0. The van der Waals surface area contributed by atoms with Crippen molar-refractivity contribution in [2.75, 3.05) is 18.0 Å². The summed E-state index contributed by atoms with van der Waals surface area (Å²) in [6.07, 6.45) is 1.03. The third kappa shape index (κ3) is 3.22. The summed E-state index contributed by atoms with van der Waals surface area (Å²) in [7, 11) is 0. The molecule has 124 valence electrons. The van der Waals surface area contributed by atoms with E-state index in [-0.39, 0.29) is 12.5 Å². The van der Waals surface area contributed by atoms with Crippen LogP contribution in [0.2, 0.25) is 0 Å². The second-order valence-corrected chi connectivity index (χ2v) is 5.84. The largest absolute Gasteiger partial charge is 0.322 e. The van der Waals surface area contributed by atoms with E-state index in [2.05, 4.69) is 12.1 Å². The molecule has 24 heavy (non-hydrogen) atoms. The first kappa shape index (κ1) is 16.4. The van der Waals surface area contributed by atoms with Crippen LogP contribution in [-0.2, 0) is 22.6 Å². The van der Waals surface area contributed by atoms with Crippen LogP contribution in [-0.4, -0.2) is 36.3 Å². The fourth-order valence-electron chi connectivity index (χ4n) is 3.18. The molecule has 0 saturated carbocycles. The maximum Gasteiger partial charge on any atom is 0.242 e. The molecule has 3 rings (SSSR count). The maximum atomic E-state index is 12.4. The molecule has 2 aromatic carbocycles. The summed E-state index contributed by atoms with van der Waals surface area (Å²) < 4.78 is 0. The number of carbonyl (C=O) groups excluding carboxylic acids is 2. The molecule has 1 unspecified atom stereocenters. The van der Waals surface area contributed by atoms with Gasteiger partial charge in [-0.2, -0.15) is 0 Å². The number of para-hydroxylation sites is 1. The minimum Gasteiger partial charge on any atom is -0.322 e. The number of nitrogens with zero attached hydrogens (tertiary/aromatic N) is 2. The van der Waals surface area contributed by atoms with Crippen LogP contribution >= 0.6 is 0 Å². The van der Waals surface area contributed by atoms with Crippen molar-refractivity contribution in [1.29, 1.82) is 0 Å². The molecule has 1 aliphatic rings. The van der Waals surface area contributed by atoms with Gasteiger partial charge in [0.1, 0.15) is 6.17 Å². The predicted molar refractivity (Wildman–Crippen MR) is 93.4 cm³/mol. The Labute approximate surface area is 141 Å². The molecule has 0 spiro atoms. The van der Waals surface area contributed by atoms with Crippen molar-refractivity contribution in [3.8, 4) is 0 Å². The van der Waals surface area contributed by atoms with Gasteiger partial charge in [0.15, 0.2) is 6.29 Å². The Morgan fingerprint density at radius 3 is 2.46 bits per heavy atom. The molecular formula is C19H21N3O2. The van der Waals surface area contributed by atoms with Gasteiger partial charge in [-0.1, -0.05) is 42.5 Å². The highest BCUT2D eigenvalue weighted by molar-refractivity contribution is 5.98. The van der Waals surface area contributed by atoms with Crippen molar-refractivity contribution < 1.29 is 9.59 Å². The number of fused-ring (bicyclic) bond motifs is 1. The number of carbonyl (C=O) groups is 2. The fraction of sp³-hybridized carbons (Fsp3) is 0.263. The van der Waals surface area contributed by atoms with Gasteiger partial charge in [0.05, 0.1) is 6.54 Å². The van der Waals surface area contributed by atoms with E-state index < -0.39 is 6.17 Å². The molecule has 0 saturated heterocycles. The lowest BCUT2D eigenvalue weighted by molar-refractivity contribution is -0.122. The topological polar surface area (TPSA) is 66.6 Å². The minimum absolute atomic E-state index is 0.135. The molecule has 5 heteroatoms. The first-order valence-electron chi connectivity index (χ1n) is 8.08. The van der Waals surface area contributed by atoms with Crippen LogP contribution < -0.4 is 10.6 Å². The highest BCUT2D eigenvalue weighted by Crippen LogP contribution is 2.24. The van der Waals surface area contributed by atoms with Crippen LogP contribution in [0.1, 0.15) is 11.1 Å². The Bertz CT molecular complexity index is 718. The molecule has 2 N–H and O–H groups in total. The van der Waals surface area contributed by atoms with Gasteiger partial charge >= 0.3 is 0 Å². The molecule has 1 heterocycles. The van der Waals surface area contributed by atoms with Crippen LogP contribution in [0.3, 0.4) is 0 Å². The van der Waals surface area contributed by atoms with E-state index in [1.807, 2.05) is 47.4 Å². The molecule has 1 atom stereocenters. The van der Waals surface area contributed by atoms with Crippen LogP contribution in [0.5, 0.6) is 0 Å². The summed E-state index contributed by atoms with van der Waals surface area (Å²) in [5, 5.41) is 0. The Hall–Kier alpha value is -2.50. The van der Waals surface area contributed by atoms with Crippen LogP contribution in [0, 0.1) is 0 Å². The highest BCUT2D eigenvalue weighted by Gasteiger charge is 2.31. The first-order valence-corrected chi connectivity index (χ1v) is 8.08. The zero-order chi connectivity index (χ0) is 16.9. The highest BCUT2D eigenvalue weighted by atomic mass is 16.2. The van der Waals surface area contributed by atoms with E-state index >= 15 is 0 Å². The smallest absolute Gasteiger partial charge is 0.242 e. The monoisotopic (exact) mass is 323 g/mol. The number of amides is 1. The molecule has 0 aliphatic carbocycles. The molecule has 0 bridgehead atoms. The van der Waals surface area contributed by atoms with Crippen LogP contribution in [0.4, 0.5) is 5.69 Å². The molecule has 2 aromatic rings. The lowest BCUT2D eigenvalue weighted by atomic mass is 9.99. The molecule has 1 amide bonds. The van der Waals surface area contributed by atoms with Crippen molar-refractivity contribution >= 4 is 17.9 Å². The standard InChI is InChI=1S/C19H21N3O2/c20-12-19(24)22(17-8-2-1-3-9-17)18(14-23)21-11-10-15-6-4-5-7-16(15)13-21/h1-9,14,18H,10-13,20H2. The van der Waals surface area contributed by atoms with E-state index in [4.69, 9.17) is 5.73 Å². The Balaban J connectivity index is 1.91. The van der Waals surface area contributed by atoms with Gasteiger partial charge in [-0.15, -0.1) is 0 Å². The summed E-state index contributed by atoms with van der Waals surface area (Å²) in [6, 6.07) is 17.4. The number of rotatable bonds is 5. The number of hydrogen-bond donors (Lipinski definition) is 1. The molecule has 0 fully saturated rings. The van der Waals surface area contributed by atoms with Gasteiger partial charge in [-0.05, 0) is 29.7 Å². The molecule has 1 aliphatic heterocycles. The van der Waals surface area contributed by atoms with Crippen molar-refractivity contribution in [2.24, 2.45) is 5.73 Å². The fourth-order valence-corrected chi connectivity index (χ4v) is 3.18. The first-order chi connectivity index (χ1) is 11.7. The van der Waals surface area contributed by atoms with E-state index in [9.17, 15) is 9.59 Å². The summed E-state index contributed by atoms with van der Waals surface area (Å²) in [5.74, 6) is -0.267. The average Bonchev–Trinajstić information content (AvgIpc) is 2.65. The van der Waals surface area contributed by atoms with E-state index in [0.717, 1.165) is 19.3 Å². The Morgan fingerprint density at radius 1 is 1.12 bits per heavy atom. The average molecular weight is 323 g/mol. The minimum atomic E-state index is -0.656. The second-order valence-electron chi connectivity index (χ2n) is 5.84. The quantitative estimate of drug-likeness (QED) is 0.848. The SMILES string of the molecule is NCC(=O)N(c1ccccc1)C(C=O)N1CCc2ccccc2C1. The number of benzene rings is 2. The molecule has 0 radical (unpaired) electrons. The number of hydrogen-bond acceptors (Lipinski definition) is 4. The summed E-state index contributed by atoms with van der Waals surface area (Å²) in [6.45, 7) is 1.23. The lowest BCUT2D eigenvalue weighted by Gasteiger charge is -2.39. The van der Waals surface area contributed by atoms with Gasteiger partial charge in [-0.25, -0.2) is 0 Å². The van der Waals surface area contributed by atoms with Gasteiger partial charge in [0.2, 0.25) is 5.91 Å². The van der Waals surface area contributed by atoms with Crippen molar-refractivity contribution in [2.45, 2.75) is 19.1 Å². The Kier molecular flexibility index (Phi) is 5.03. The predicted octanol–water partition coefficient (Wildman–Crippen LogP) is 1.56. The summed E-state index contributed by atoms with van der Waals surface area (Å²) in [4.78, 5) is 27.8.